The number of nitriles is 2. The molecule has 3 atom stereocenters. The molecule has 2 aromatic carbocycles. The SMILES string of the molecule is N#CC(C#N)=C1C=C2N[C@@]34CCCC[C@@H]3[C@H](c3ccccc3)C=C(c3ccccc3)N4C2=CC1=O. The zero-order valence-electron chi connectivity index (χ0n) is 19.2. The molecule has 170 valence electrons. The van der Waals surface area contributed by atoms with Gasteiger partial charge in [0.15, 0.2) is 5.78 Å². The van der Waals surface area contributed by atoms with Crippen LogP contribution >= 0.6 is 0 Å². The van der Waals surface area contributed by atoms with E-state index < -0.39 is 0 Å². The van der Waals surface area contributed by atoms with Crippen molar-refractivity contribution in [1.29, 1.82) is 10.5 Å². The van der Waals surface area contributed by atoms with Crippen LogP contribution in [0.25, 0.3) is 5.70 Å². The van der Waals surface area contributed by atoms with Crippen LogP contribution in [0.2, 0.25) is 0 Å². The zero-order valence-corrected chi connectivity index (χ0v) is 19.2. The fraction of sp³-hybridized carbons (Fsp3) is 0.233. The largest absolute Gasteiger partial charge is 0.360 e. The third-order valence-corrected chi connectivity index (χ3v) is 7.78. The Morgan fingerprint density at radius 2 is 1.66 bits per heavy atom. The van der Waals surface area contributed by atoms with Crippen LogP contribution in [-0.4, -0.2) is 16.3 Å². The number of carbonyl (C=O) groups excluding carboxylic acids is 1. The van der Waals surface area contributed by atoms with Crippen LogP contribution in [0.1, 0.15) is 42.7 Å². The summed E-state index contributed by atoms with van der Waals surface area (Å²) in [6, 6.07) is 24.8. The maximum absolute atomic E-state index is 13.1. The molecule has 0 unspecified atom stereocenters. The van der Waals surface area contributed by atoms with Crippen molar-refractivity contribution in [1.82, 2.24) is 10.2 Å². The van der Waals surface area contributed by atoms with Gasteiger partial charge in [0.05, 0.1) is 17.0 Å². The Morgan fingerprint density at radius 3 is 2.37 bits per heavy atom. The molecule has 0 aromatic heterocycles. The lowest BCUT2D eigenvalue weighted by Crippen LogP contribution is -2.60. The fourth-order valence-electron chi connectivity index (χ4n) is 6.33. The van der Waals surface area contributed by atoms with E-state index in [-0.39, 0.29) is 28.5 Å². The average Bonchev–Trinajstić information content (AvgIpc) is 3.22. The van der Waals surface area contributed by atoms with Gasteiger partial charge < -0.3 is 10.2 Å². The first kappa shape index (κ1) is 21.2. The molecule has 2 aliphatic carbocycles. The van der Waals surface area contributed by atoms with Gasteiger partial charge in [-0.05, 0) is 36.5 Å². The summed E-state index contributed by atoms with van der Waals surface area (Å²) in [5.74, 6) is 0.217. The first-order valence-corrected chi connectivity index (χ1v) is 12.1. The summed E-state index contributed by atoms with van der Waals surface area (Å²) in [6.07, 6.45) is 9.94. The molecule has 35 heavy (non-hydrogen) atoms. The van der Waals surface area contributed by atoms with Crippen LogP contribution in [0, 0.1) is 28.6 Å². The average molecular weight is 457 g/mol. The highest BCUT2D eigenvalue weighted by Gasteiger charge is 2.57. The van der Waals surface area contributed by atoms with E-state index in [1.54, 1.807) is 12.2 Å². The lowest BCUT2D eigenvalue weighted by molar-refractivity contribution is -0.111. The van der Waals surface area contributed by atoms with Crippen LogP contribution in [0.5, 0.6) is 0 Å². The van der Waals surface area contributed by atoms with Crippen LogP contribution in [0.3, 0.4) is 0 Å². The van der Waals surface area contributed by atoms with Gasteiger partial charge >= 0.3 is 0 Å². The molecule has 2 aliphatic heterocycles. The summed E-state index contributed by atoms with van der Waals surface area (Å²) in [6.45, 7) is 0. The standard InChI is InChI=1S/C30H24N4O/c31-18-22(19-32)24-15-26-28(17-29(24)35)34-27(21-11-5-2-6-12-21)16-23(20-9-3-1-4-10-20)25-13-7-8-14-30(25,34)33-26/h1-6,9-12,15-17,23,25,33H,7-8,13-14H2/t23-,25+,30+/m0/s1. The first-order valence-electron chi connectivity index (χ1n) is 12.1. The van der Waals surface area contributed by atoms with Gasteiger partial charge in [-0.15, -0.1) is 0 Å². The number of nitrogens with one attached hydrogen (secondary N) is 1. The van der Waals surface area contributed by atoms with Gasteiger partial charge in [-0.3, -0.25) is 4.79 Å². The molecule has 2 aromatic rings. The van der Waals surface area contributed by atoms with E-state index in [0.29, 0.717) is 5.92 Å². The minimum atomic E-state index is -0.383. The van der Waals surface area contributed by atoms with Gasteiger partial charge in [0.2, 0.25) is 0 Å². The minimum absolute atomic E-state index is 0.150. The van der Waals surface area contributed by atoms with Crippen LogP contribution in [0.15, 0.2) is 101 Å². The van der Waals surface area contributed by atoms with Crippen molar-refractivity contribution in [2.45, 2.75) is 37.3 Å². The molecular formula is C30H24N4O. The Hall–Kier alpha value is -4.35. The lowest BCUT2D eigenvalue weighted by Gasteiger charge is -2.54. The monoisotopic (exact) mass is 456 g/mol. The van der Waals surface area contributed by atoms with E-state index >= 15 is 0 Å². The number of ketones is 1. The van der Waals surface area contributed by atoms with Crippen LogP contribution < -0.4 is 5.32 Å². The number of rotatable bonds is 2. The molecule has 0 radical (unpaired) electrons. The summed E-state index contributed by atoms with van der Waals surface area (Å²) in [4.78, 5) is 15.4. The molecule has 2 fully saturated rings. The van der Waals surface area contributed by atoms with Gasteiger partial charge in [0.25, 0.3) is 0 Å². The Kier molecular flexibility index (Phi) is 4.94. The summed E-state index contributed by atoms with van der Waals surface area (Å²) >= 11 is 0. The molecule has 1 saturated carbocycles. The number of fused-ring (bicyclic) bond motifs is 2. The van der Waals surface area contributed by atoms with Gasteiger partial charge in [-0.1, -0.05) is 73.2 Å². The Morgan fingerprint density at radius 1 is 0.943 bits per heavy atom. The smallest absolute Gasteiger partial charge is 0.190 e. The van der Waals surface area contributed by atoms with E-state index in [4.69, 9.17) is 0 Å². The second-order valence-electron chi connectivity index (χ2n) is 9.56. The molecule has 0 bridgehead atoms. The summed E-state index contributed by atoms with van der Waals surface area (Å²) in [5.41, 5.74) is 4.74. The molecule has 5 nitrogen and oxygen atoms in total. The number of hydrogen-bond acceptors (Lipinski definition) is 5. The summed E-state index contributed by atoms with van der Waals surface area (Å²) in [7, 11) is 0. The normalized spacial score (nSPS) is 26.6. The van der Waals surface area contributed by atoms with E-state index in [1.165, 1.54) is 5.56 Å². The molecule has 0 amide bonds. The molecular weight excluding hydrogens is 432 g/mol. The molecule has 2 heterocycles. The van der Waals surface area contributed by atoms with Gasteiger partial charge in [-0.2, -0.15) is 10.5 Å². The van der Waals surface area contributed by atoms with Gasteiger partial charge in [-0.25, -0.2) is 0 Å². The quantitative estimate of drug-likeness (QED) is 0.489. The predicted octanol–water partition coefficient (Wildman–Crippen LogP) is 5.31. The van der Waals surface area contributed by atoms with Crippen molar-refractivity contribution in [2.24, 2.45) is 5.92 Å². The van der Waals surface area contributed by atoms with Crippen LogP contribution in [0.4, 0.5) is 0 Å². The third-order valence-electron chi connectivity index (χ3n) is 7.78. The topological polar surface area (TPSA) is 79.9 Å². The number of benzene rings is 2. The second kappa shape index (κ2) is 8.15. The van der Waals surface area contributed by atoms with E-state index in [0.717, 1.165) is 48.3 Å². The fourth-order valence-corrected chi connectivity index (χ4v) is 6.33. The summed E-state index contributed by atoms with van der Waals surface area (Å²) in [5, 5.41) is 22.7. The lowest BCUT2D eigenvalue weighted by atomic mass is 9.66. The van der Waals surface area contributed by atoms with Crippen LogP contribution in [-0.2, 0) is 4.79 Å². The van der Waals surface area contributed by atoms with Crippen molar-refractivity contribution in [3.63, 3.8) is 0 Å². The van der Waals surface area contributed by atoms with Crippen molar-refractivity contribution < 1.29 is 4.79 Å². The molecule has 6 rings (SSSR count). The third kappa shape index (κ3) is 3.16. The Labute approximate surface area is 205 Å². The van der Waals surface area contributed by atoms with Crippen molar-refractivity contribution in [3.05, 3.63) is 113 Å². The predicted molar refractivity (Wildman–Crippen MR) is 133 cm³/mol. The maximum Gasteiger partial charge on any atom is 0.190 e. The number of allylic oxidation sites excluding steroid dienone is 5. The molecule has 1 N–H and O–H groups in total. The number of nitrogens with zero attached hydrogens (tertiary/aromatic N) is 3. The molecule has 1 spiro atoms. The second-order valence-corrected chi connectivity index (χ2v) is 9.56. The van der Waals surface area contributed by atoms with Gasteiger partial charge in [0.1, 0.15) is 23.4 Å². The highest BCUT2D eigenvalue weighted by atomic mass is 16.1. The van der Waals surface area contributed by atoms with E-state index in [1.807, 2.05) is 30.3 Å². The van der Waals surface area contributed by atoms with E-state index in [9.17, 15) is 15.3 Å². The van der Waals surface area contributed by atoms with Crippen molar-refractivity contribution in [3.8, 4) is 12.1 Å². The Balaban J connectivity index is 1.59. The molecule has 1 saturated heterocycles. The highest BCUT2D eigenvalue weighted by molar-refractivity contribution is 6.10. The van der Waals surface area contributed by atoms with Gasteiger partial charge in [0, 0.05) is 23.6 Å². The first-order chi connectivity index (χ1) is 17.2. The maximum atomic E-state index is 13.1. The highest BCUT2D eigenvalue weighted by Crippen LogP contribution is 2.57. The van der Waals surface area contributed by atoms with E-state index in [2.05, 4.69) is 58.8 Å². The number of hydrogen-bond donors (Lipinski definition) is 1. The minimum Gasteiger partial charge on any atom is -0.360 e. The number of carbonyl (C=O) groups is 1. The zero-order chi connectivity index (χ0) is 24.0. The van der Waals surface area contributed by atoms with Crippen molar-refractivity contribution in [2.75, 3.05) is 0 Å². The molecule has 5 heteroatoms. The van der Waals surface area contributed by atoms with Crippen molar-refractivity contribution >= 4 is 11.5 Å². The summed E-state index contributed by atoms with van der Waals surface area (Å²) < 4.78 is 0. The molecule has 4 aliphatic rings. The Bertz CT molecular complexity index is 1400.